The molecule has 0 heterocycles. The largest absolute Gasteiger partial charge is 0.534 e. The summed E-state index contributed by atoms with van der Waals surface area (Å²) in [6.07, 6.45) is 4.10. The summed E-state index contributed by atoms with van der Waals surface area (Å²) in [5.74, 6) is -0.0149. The maximum Gasteiger partial charge on any atom is 0.534 e. The predicted octanol–water partition coefficient (Wildman–Crippen LogP) is 3.57. The number of hydrogen-bond donors (Lipinski definition) is 0. The van der Waals surface area contributed by atoms with Gasteiger partial charge in [-0.3, -0.25) is 0 Å². The minimum atomic E-state index is -5.59. The van der Waals surface area contributed by atoms with Gasteiger partial charge in [-0.05, 0) is 36.5 Å². The second kappa shape index (κ2) is 5.03. The highest BCUT2D eigenvalue weighted by molar-refractivity contribution is 7.87. The van der Waals surface area contributed by atoms with Crippen molar-refractivity contribution in [3.8, 4) is 5.75 Å². The van der Waals surface area contributed by atoms with Crippen molar-refractivity contribution >= 4 is 10.1 Å². The molecule has 1 saturated carbocycles. The third kappa shape index (κ3) is 3.20. The summed E-state index contributed by atoms with van der Waals surface area (Å²) in [5, 5.41) is 0. The Morgan fingerprint density at radius 3 is 2.37 bits per heavy atom. The number of halogens is 3. The molecule has 0 aliphatic heterocycles. The molecule has 1 aromatic rings. The highest BCUT2D eigenvalue weighted by atomic mass is 32.2. The Hall–Kier alpha value is -1.24. The molecule has 0 N–H and O–H groups in total. The Kier molecular flexibility index (Phi) is 3.75. The van der Waals surface area contributed by atoms with E-state index in [9.17, 15) is 21.6 Å². The van der Waals surface area contributed by atoms with Gasteiger partial charge >= 0.3 is 15.6 Å². The molecule has 0 radical (unpaired) electrons. The Balaban J connectivity index is 2.20. The third-order valence-corrected chi connectivity index (χ3v) is 4.15. The molecule has 0 atom stereocenters. The van der Waals surface area contributed by atoms with Crippen molar-refractivity contribution in [2.45, 2.75) is 37.1 Å². The van der Waals surface area contributed by atoms with Crippen LogP contribution in [0.4, 0.5) is 13.2 Å². The van der Waals surface area contributed by atoms with Crippen LogP contribution in [0.25, 0.3) is 0 Å². The predicted molar refractivity (Wildman–Crippen MR) is 63.3 cm³/mol. The van der Waals surface area contributed by atoms with E-state index < -0.39 is 15.6 Å². The maximum atomic E-state index is 12.2. The van der Waals surface area contributed by atoms with E-state index in [2.05, 4.69) is 4.18 Å². The fraction of sp³-hybridized carbons (Fsp3) is 0.500. The summed E-state index contributed by atoms with van der Waals surface area (Å²) in [6.45, 7) is 0. The SMILES string of the molecule is O=S(=O)(Oc1cccc(C2CCCC2)c1)C(F)(F)F. The molecule has 0 bridgehead atoms. The van der Waals surface area contributed by atoms with Crippen molar-refractivity contribution in [2.75, 3.05) is 0 Å². The standard InChI is InChI=1S/C12H13F3O3S/c13-12(14,15)19(16,17)18-11-7-3-6-10(8-11)9-4-1-2-5-9/h3,6-9H,1-2,4-5H2. The van der Waals surface area contributed by atoms with Crippen LogP contribution < -0.4 is 4.18 Å². The van der Waals surface area contributed by atoms with E-state index in [1.165, 1.54) is 18.2 Å². The zero-order valence-corrected chi connectivity index (χ0v) is 10.8. The number of benzene rings is 1. The molecule has 2 rings (SSSR count). The summed E-state index contributed by atoms with van der Waals surface area (Å²) in [7, 11) is -5.59. The van der Waals surface area contributed by atoms with Gasteiger partial charge in [-0.15, -0.1) is 0 Å². The van der Waals surface area contributed by atoms with E-state index in [-0.39, 0.29) is 11.7 Å². The Morgan fingerprint density at radius 2 is 1.79 bits per heavy atom. The monoisotopic (exact) mass is 294 g/mol. The van der Waals surface area contributed by atoms with Gasteiger partial charge in [0.15, 0.2) is 0 Å². The van der Waals surface area contributed by atoms with Crippen LogP contribution in [0.15, 0.2) is 24.3 Å². The van der Waals surface area contributed by atoms with Gasteiger partial charge in [0.1, 0.15) is 5.75 Å². The molecular formula is C12H13F3O3S. The summed E-state index contributed by atoms with van der Waals surface area (Å²) in [6, 6.07) is 5.87. The molecule has 106 valence electrons. The molecule has 3 nitrogen and oxygen atoms in total. The second-order valence-electron chi connectivity index (χ2n) is 4.54. The molecule has 7 heteroatoms. The average Bonchev–Trinajstić information content (AvgIpc) is 2.80. The van der Waals surface area contributed by atoms with Crippen molar-refractivity contribution in [1.29, 1.82) is 0 Å². The molecule has 0 unspecified atom stereocenters. The molecule has 1 aliphatic carbocycles. The van der Waals surface area contributed by atoms with Crippen LogP contribution in [0.3, 0.4) is 0 Å². The molecular weight excluding hydrogens is 281 g/mol. The summed E-state index contributed by atoms with van der Waals surface area (Å²) in [4.78, 5) is 0. The van der Waals surface area contributed by atoms with Crippen LogP contribution in [0, 0.1) is 0 Å². The van der Waals surface area contributed by atoms with E-state index in [0.717, 1.165) is 31.2 Å². The fourth-order valence-electron chi connectivity index (χ4n) is 2.25. The normalized spacial score (nSPS) is 17.6. The molecule has 0 amide bonds. The molecule has 1 fully saturated rings. The van der Waals surface area contributed by atoms with Gasteiger partial charge in [0.25, 0.3) is 0 Å². The lowest BCUT2D eigenvalue weighted by Gasteiger charge is -2.13. The first-order chi connectivity index (χ1) is 8.79. The van der Waals surface area contributed by atoms with E-state index in [1.807, 2.05) is 0 Å². The third-order valence-electron chi connectivity index (χ3n) is 3.17. The van der Waals surface area contributed by atoms with Gasteiger partial charge in [-0.2, -0.15) is 21.6 Å². The molecule has 1 aliphatic rings. The smallest absolute Gasteiger partial charge is 0.376 e. The van der Waals surface area contributed by atoms with E-state index >= 15 is 0 Å². The Morgan fingerprint density at radius 1 is 1.16 bits per heavy atom. The summed E-state index contributed by atoms with van der Waals surface area (Å²) < 4.78 is 62.6. The quantitative estimate of drug-likeness (QED) is 0.632. The summed E-state index contributed by atoms with van der Waals surface area (Å²) >= 11 is 0. The van der Waals surface area contributed by atoms with Crippen molar-refractivity contribution in [3.63, 3.8) is 0 Å². The van der Waals surface area contributed by atoms with Crippen LogP contribution >= 0.6 is 0 Å². The van der Waals surface area contributed by atoms with Gasteiger partial charge < -0.3 is 4.18 Å². The number of rotatable bonds is 3. The van der Waals surface area contributed by atoms with Gasteiger partial charge in [0, 0.05) is 0 Å². The Labute approximate surface area is 109 Å². The average molecular weight is 294 g/mol. The maximum absolute atomic E-state index is 12.2. The highest BCUT2D eigenvalue weighted by Gasteiger charge is 2.48. The van der Waals surface area contributed by atoms with Crippen LogP contribution in [0.1, 0.15) is 37.2 Å². The van der Waals surface area contributed by atoms with Crippen LogP contribution in [-0.2, 0) is 10.1 Å². The zero-order chi connectivity index (χ0) is 14.1. The minimum Gasteiger partial charge on any atom is -0.376 e. The van der Waals surface area contributed by atoms with E-state index in [0.29, 0.717) is 0 Å². The molecule has 1 aromatic carbocycles. The Bertz CT molecular complexity index is 546. The van der Waals surface area contributed by atoms with Crippen LogP contribution in [-0.4, -0.2) is 13.9 Å². The van der Waals surface area contributed by atoms with Gasteiger partial charge in [-0.25, -0.2) is 0 Å². The van der Waals surface area contributed by atoms with Crippen LogP contribution in [0.5, 0.6) is 5.75 Å². The first kappa shape index (κ1) is 14.2. The molecule has 0 saturated heterocycles. The van der Waals surface area contributed by atoms with Gasteiger partial charge in [0.2, 0.25) is 0 Å². The summed E-state index contributed by atoms with van der Waals surface area (Å²) in [5.41, 5.74) is -4.58. The second-order valence-corrected chi connectivity index (χ2v) is 6.07. The first-order valence-corrected chi connectivity index (χ1v) is 7.31. The van der Waals surface area contributed by atoms with Crippen LogP contribution in [0.2, 0.25) is 0 Å². The minimum absolute atomic E-state index is 0.275. The van der Waals surface area contributed by atoms with E-state index in [1.54, 1.807) is 6.07 Å². The molecule has 0 spiro atoms. The van der Waals surface area contributed by atoms with Crippen molar-refractivity contribution in [3.05, 3.63) is 29.8 Å². The zero-order valence-electron chi connectivity index (χ0n) is 9.98. The van der Waals surface area contributed by atoms with E-state index in [4.69, 9.17) is 0 Å². The highest BCUT2D eigenvalue weighted by Crippen LogP contribution is 2.36. The lowest BCUT2D eigenvalue weighted by atomic mass is 9.98. The first-order valence-electron chi connectivity index (χ1n) is 5.90. The van der Waals surface area contributed by atoms with Crippen molar-refractivity contribution < 1.29 is 25.8 Å². The topological polar surface area (TPSA) is 43.4 Å². The van der Waals surface area contributed by atoms with Gasteiger partial charge in [-0.1, -0.05) is 25.0 Å². The molecule has 0 aromatic heterocycles. The number of alkyl halides is 3. The van der Waals surface area contributed by atoms with Crippen molar-refractivity contribution in [2.24, 2.45) is 0 Å². The molecule has 19 heavy (non-hydrogen) atoms. The lowest BCUT2D eigenvalue weighted by Crippen LogP contribution is -2.28. The van der Waals surface area contributed by atoms with Crippen molar-refractivity contribution in [1.82, 2.24) is 0 Å². The number of hydrogen-bond acceptors (Lipinski definition) is 3. The van der Waals surface area contributed by atoms with Gasteiger partial charge in [0.05, 0.1) is 0 Å². The lowest BCUT2D eigenvalue weighted by molar-refractivity contribution is -0.0500. The fourth-order valence-corrected chi connectivity index (χ4v) is 2.70.